The molecule has 102 valence electrons. The molecule has 1 saturated carbocycles. The average molecular weight is 233 g/mol. The van der Waals surface area contributed by atoms with E-state index < -0.39 is 0 Å². The van der Waals surface area contributed by atoms with E-state index in [-0.39, 0.29) is 1.43 Å². The van der Waals surface area contributed by atoms with Crippen LogP contribution < -0.4 is 5.73 Å². The van der Waals surface area contributed by atoms with Crippen LogP contribution in [0.5, 0.6) is 0 Å². The van der Waals surface area contributed by atoms with Crippen molar-refractivity contribution in [1.29, 1.82) is 0 Å². The summed E-state index contributed by atoms with van der Waals surface area (Å²) in [5.74, 6) is 0.865. The van der Waals surface area contributed by atoms with Gasteiger partial charge in [0.25, 0.3) is 0 Å². The van der Waals surface area contributed by atoms with E-state index in [2.05, 4.69) is 13.8 Å². The molecule has 0 heterocycles. The van der Waals surface area contributed by atoms with Crippen LogP contribution in [0.1, 0.15) is 73.1 Å². The molecule has 0 atom stereocenters. The standard InChI is InChI=1S/C7H15N.C6H14.CH4O.H2/c8-6-7-4-2-1-3-5-7;1-3-5-6-4-2;1-2;/h7H,1-6,8H2;3-6H2,1-2H3;2H,1H3;1H. The predicted octanol–water partition coefficient (Wildman–Crippen LogP) is 3.97. The van der Waals surface area contributed by atoms with Crippen molar-refractivity contribution in [3.8, 4) is 0 Å². The summed E-state index contributed by atoms with van der Waals surface area (Å²) in [6.07, 6.45) is 12.6. The zero-order valence-corrected chi connectivity index (χ0v) is 11.7. The van der Waals surface area contributed by atoms with Gasteiger partial charge in [-0.3, -0.25) is 0 Å². The van der Waals surface area contributed by atoms with Crippen LogP contribution in [0, 0.1) is 5.92 Å². The van der Waals surface area contributed by atoms with E-state index in [0.29, 0.717) is 0 Å². The molecule has 0 aromatic heterocycles. The summed E-state index contributed by atoms with van der Waals surface area (Å²) in [6, 6.07) is 0. The quantitative estimate of drug-likeness (QED) is 0.722. The zero-order valence-electron chi connectivity index (χ0n) is 11.7. The Kier molecular flexibility index (Phi) is 19.8. The minimum atomic E-state index is 0. The maximum Gasteiger partial charge on any atom is 0.0319 e. The second kappa shape index (κ2) is 17.3. The lowest BCUT2D eigenvalue weighted by Gasteiger charge is -2.18. The normalized spacial score (nSPS) is 15.6. The molecule has 16 heavy (non-hydrogen) atoms. The molecule has 1 aliphatic rings. The van der Waals surface area contributed by atoms with E-state index in [1.54, 1.807) is 0 Å². The van der Waals surface area contributed by atoms with Crippen LogP contribution in [0.15, 0.2) is 0 Å². The Balaban J connectivity index is -0.000000197. The molecule has 1 rings (SSSR count). The Morgan fingerprint density at radius 3 is 1.69 bits per heavy atom. The molecular weight excluding hydrogens is 198 g/mol. The lowest BCUT2D eigenvalue weighted by Crippen LogP contribution is -2.16. The highest BCUT2D eigenvalue weighted by molar-refractivity contribution is 4.65. The molecule has 3 N–H and O–H groups in total. The number of aliphatic hydroxyl groups excluding tert-OH is 1. The monoisotopic (exact) mass is 233 g/mol. The SMILES string of the molecule is CCCCCC.CO.NCC1CCCCC1.[HH]. The van der Waals surface area contributed by atoms with Crippen molar-refractivity contribution >= 4 is 0 Å². The molecule has 0 aromatic carbocycles. The van der Waals surface area contributed by atoms with E-state index in [1.165, 1.54) is 57.8 Å². The summed E-state index contributed by atoms with van der Waals surface area (Å²) in [5.41, 5.74) is 5.50. The lowest BCUT2D eigenvalue weighted by molar-refractivity contribution is 0.366. The number of hydrogen-bond acceptors (Lipinski definition) is 2. The summed E-state index contributed by atoms with van der Waals surface area (Å²) >= 11 is 0. The molecule has 0 aliphatic heterocycles. The molecule has 0 saturated heterocycles. The van der Waals surface area contributed by atoms with Gasteiger partial charge in [-0.1, -0.05) is 58.8 Å². The maximum absolute atomic E-state index is 7.00. The van der Waals surface area contributed by atoms with E-state index in [9.17, 15) is 0 Å². The zero-order chi connectivity index (χ0) is 12.6. The first-order chi connectivity index (χ1) is 7.85. The number of rotatable bonds is 4. The number of unbranched alkanes of at least 4 members (excludes halogenated alkanes) is 3. The van der Waals surface area contributed by atoms with Crippen molar-refractivity contribution in [1.82, 2.24) is 0 Å². The Morgan fingerprint density at radius 1 is 1.00 bits per heavy atom. The largest absolute Gasteiger partial charge is 0.400 e. The minimum absolute atomic E-state index is 0. The third-order valence-corrected chi connectivity index (χ3v) is 3.02. The van der Waals surface area contributed by atoms with Gasteiger partial charge in [-0.2, -0.15) is 0 Å². The Labute approximate surface area is 104 Å². The average Bonchev–Trinajstić information content (AvgIpc) is 2.40. The van der Waals surface area contributed by atoms with E-state index in [4.69, 9.17) is 10.8 Å². The van der Waals surface area contributed by atoms with Gasteiger partial charge in [-0.25, -0.2) is 0 Å². The molecule has 0 unspecified atom stereocenters. The molecule has 1 aliphatic carbocycles. The van der Waals surface area contributed by atoms with Crippen LogP contribution in [0.4, 0.5) is 0 Å². The Morgan fingerprint density at radius 2 is 1.44 bits per heavy atom. The van der Waals surface area contributed by atoms with Gasteiger partial charge in [-0.05, 0) is 25.3 Å². The molecule has 1 fully saturated rings. The summed E-state index contributed by atoms with van der Waals surface area (Å²) < 4.78 is 0. The number of nitrogens with two attached hydrogens (primary N) is 1. The first kappa shape index (κ1) is 18.3. The highest BCUT2D eigenvalue weighted by Crippen LogP contribution is 2.21. The third kappa shape index (κ3) is 13.9. The van der Waals surface area contributed by atoms with Gasteiger partial charge in [-0.15, -0.1) is 0 Å². The Bertz CT molecular complexity index is 102. The van der Waals surface area contributed by atoms with Crippen LogP contribution in [0.25, 0.3) is 0 Å². The van der Waals surface area contributed by atoms with Gasteiger partial charge in [0.2, 0.25) is 0 Å². The van der Waals surface area contributed by atoms with Crippen LogP contribution in [-0.4, -0.2) is 18.8 Å². The second-order valence-corrected chi connectivity index (χ2v) is 4.45. The van der Waals surface area contributed by atoms with E-state index in [0.717, 1.165) is 19.6 Å². The fourth-order valence-electron chi connectivity index (χ4n) is 1.92. The highest BCUT2D eigenvalue weighted by Gasteiger charge is 2.09. The predicted molar refractivity (Wildman–Crippen MR) is 75.7 cm³/mol. The van der Waals surface area contributed by atoms with Crippen molar-refractivity contribution in [2.75, 3.05) is 13.7 Å². The Hall–Kier alpha value is -0.0800. The molecule has 0 bridgehead atoms. The van der Waals surface area contributed by atoms with Gasteiger partial charge < -0.3 is 10.8 Å². The summed E-state index contributed by atoms with van der Waals surface area (Å²) in [6.45, 7) is 5.38. The molecule has 0 aromatic rings. The van der Waals surface area contributed by atoms with Gasteiger partial charge >= 0.3 is 0 Å². The summed E-state index contributed by atoms with van der Waals surface area (Å²) in [7, 11) is 1.00. The van der Waals surface area contributed by atoms with Gasteiger partial charge in [0.1, 0.15) is 0 Å². The molecule has 0 amide bonds. The van der Waals surface area contributed by atoms with Crippen LogP contribution in [0.2, 0.25) is 0 Å². The maximum atomic E-state index is 7.00. The van der Waals surface area contributed by atoms with Crippen molar-refractivity contribution in [2.45, 2.75) is 71.6 Å². The molecule has 0 spiro atoms. The summed E-state index contributed by atoms with van der Waals surface area (Å²) in [4.78, 5) is 0. The summed E-state index contributed by atoms with van der Waals surface area (Å²) in [5, 5.41) is 7.00. The highest BCUT2D eigenvalue weighted by atomic mass is 16.2. The topological polar surface area (TPSA) is 46.2 Å². The smallest absolute Gasteiger partial charge is 0.0319 e. The molecular formula is C14H35NO. The van der Waals surface area contributed by atoms with Gasteiger partial charge in [0.05, 0.1) is 0 Å². The van der Waals surface area contributed by atoms with Gasteiger partial charge in [0.15, 0.2) is 0 Å². The lowest BCUT2D eigenvalue weighted by atomic mass is 9.90. The van der Waals surface area contributed by atoms with E-state index in [1.807, 2.05) is 0 Å². The van der Waals surface area contributed by atoms with Crippen molar-refractivity contribution in [3.05, 3.63) is 0 Å². The fourth-order valence-corrected chi connectivity index (χ4v) is 1.92. The van der Waals surface area contributed by atoms with Crippen LogP contribution in [-0.2, 0) is 0 Å². The first-order valence-electron chi connectivity index (χ1n) is 6.99. The third-order valence-electron chi connectivity index (χ3n) is 3.02. The molecule has 0 radical (unpaired) electrons. The van der Waals surface area contributed by atoms with Gasteiger partial charge in [0, 0.05) is 8.54 Å². The van der Waals surface area contributed by atoms with Crippen LogP contribution >= 0.6 is 0 Å². The second-order valence-electron chi connectivity index (χ2n) is 4.45. The van der Waals surface area contributed by atoms with Crippen molar-refractivity contribution in [3.63, 3.8) is 0 Å². The van der Waals surface area contributed by atoms with Crippen molar-refractivity contribution in [2.24, 2.45) is 11.7 Å². The number of hydrogen-bond donors (Lipinski definition) is 2. The van der Waals surface area contributed by atoms with Crippen LogP contribution in [0.3, 0.4) is 0 Å². The van der Waals surface area contributed by atoms with E-state index >= 15 is 0 Å². The van der Waals surface area contributed by atoms with Crippen molar-refractivity contribution < 1.29 is 6.53 Å². The minimum Gasteiger partial charge on any atom is -0.400 e. The molecule has 2 nitrogen and oxygen atoms in total. The fraction of sp³-hybridized carbons (Fsp3) is 1.00. The number of aliphatic hydroxyl groups is 1. The molecule has 2 heteroatoms. The first-order valence-corrected chi connectivity index (χ1v) is 6.99.